The lowest BCUT2D eigenvalue weighted by Gasteiger charge is -2.26. The predicted octanol–water partition coefficient (Wildman–Crippen LogP) is 2.12. The van der Waals surface area contributed by atoms with Crippen LogP contribution in [-0.2, 0) is 10.0 Å². The van der Waals surface area contributed by atoms with Gasteiger partial charge < -0.3 is 0 Å². The monoisotopic (exact) mass is 333 g/mol. The second-order valence-electron chi connectivity index (χ2n) is 6.47. The van der Waals surface area contributed by atoms with Gasteiger partial charge in [-0.1, -0.05) is 12.1 Å². The summed E-state index contributed by atoms with van der Waals surface area (Å²) in [4.78, 5) is 2.22. The number of hydrogen-bond acceptors (Lipinski definition) is 4. The van der Waals surface area contributed by atoms with Gasteiger partial charge in [0, 0.05) is 32.2 Å². The molecule has 124 valence electrons. The van der Waals surface area contributed by atoms with E-state index in [1.54, 1.807) is 10.4 Å². The van der Waals surface area contributed by atoms with E-state index in [1.807, 2.05) is 18.2 Å². The Hall–Kier alpha value is -1.42. The van der Waals surface area contributed by atoms with Crippen LogP contribution < -0.4 is 0 Å². The molecule has 0 spiro atoms. The summed E-state index contributed by atoms with van der Waals surface area (Å²) in [5, 5.41) is 8.74. The Morgan fingerprint density at radius 3 is 2.70 bits per heavy atom. The second-order valence-corrected chi connectivity index (χ2v) is 8.68. The first-order valence-electron chi connectivity index (χ1n) is 8.25. The first-order chi connectivity index (χ1) is 11.0. The topological polar surface area (TPSA) is 64.4 Å². The Bertz CT molecular complexity index is 705. The molecule has 0 saturated carbocycles. The van der Waals surface area contributed by atoms with Crippen LogP contribution in [0.4, 0.5) is 0 Å². The molecule has 2 atom stereocenters. The van der Waals surface area contributed by atoms with E-state index in [4.69, 9.17) is 5.26 Å². The molecule has 2 aliphatic heterocycles. The van der Waals surface area contributed by atoms with Gasteiger partial charge in [0.25, 0.3) is 0 Å². The van der Waals surface area contributed by atoms with Crippen LogP contribution in [0.15, 0.2) is 24.3 Å². The summed E-state index contributed by atoms with van der Waals surface area (Å²) in [6, 6.07) is 9.87. The number of hydrogen-bond donors (Lipinski definition) is 0. The predicted molar refractivity (Wildman–Crippen MR) is 89.3 cm³/mol. The van der Waals surface area contributed by atoms with Crippen molar-refractivity contribution >= 4 is 10.0 Å². The number of likely N-dealkylation sites (tertiary alicyclic amines) is 1. The quantitative estimate of drug-likeness (QED) is 0.846. The van der Waals surface area contributed by atoms with Crippen molar-refractivity contribution in [1.82, 2.24) is 9.21 Å². The highest BCUT2D eigenvalue weighted by Gasteiger charge is 2.39. The molecule has 0 aromatic heterocycles. The van der Waals surface area contributed by atoms with E-state index in [2.05, 4.69) is 17.9 Å². The summed E-state index contributed by atoms with van der Waals surface area (Å²) in [6.07, 6.45) is 2.65. The molecule has 2 heterocycles. The van der Waals surface area contributed by atoms with Gasteiger partial charge in [-0.2, -0.15) is 5.26 Å². The summed E-state index contributed by atoms with van der Waals surface area (Å²) >= 11 is 0. The van der Waals surface area contributed by atoms with Crippen molar-refractivity contribution in [2.45, 2.75) is 37.5 Å². The standard InChI is InChI=1S/C17H23N3O2S/c1-14(16-6-4-5-15(11-16)12-18)19-10-7-17(13-19)23(21,22)20-8-2-3-9-20/h4-6,11,14,17H,2-3,7-10,13H2,1H3/t14-,17-/m1/s1. The molecule has 0 aliphatic carbocycles. The van der Waals surface area contributed by atoms with Crippen LogP contribution in [0.2, 0.25) is 0 Å². The second kappa shape index (κ2) is 6.60. The molecule has 0 N–H and O–H groups in total. The van der Waals surface area contributed by atoms with Crippen molar-refractivity contribution in [2.75, 3.05) is 26.2 Å². The minimum absolute atomic E-state index is 0.127. The molecule has 2 saturated heterocycles. The fourth-order valence-electron chi connectivity index (χ4n) is 3.58. The Kier molecular flexibility index (Phi) is 4.72. The fourth-order valence-corrected chi connectivity index (χ4v) is 5.55. The van der Waals surface area contributed by atoms with E-state index in [9.17, 15) is 8.42 Å². The number of sulfonamides is 1. The maximum atomic E-state index is 12.7. The van der Waals surface area contributed by atoms with Crippen molar-refractivity contribution in [3.63, 3.8) is 0 Å². The molecule has 23 heavy (non-hydrogen) atoms. The SMILES string of the molecule is C[C@H](c1cccc(C#N)c1)N1CC[C@@H](S(=O)(=O)N2CCCC2)C1. The third-order valence-electron chi connectivity index (χ3n) is 5.07. The molecule has 2 aliphatic rings. The van der Waals surface area contributed by atoms with Gasteiger partial charge in [0.05, 0.1) is 16.9 Å². The van der Waals surface area contributed by atoms with Gasteiger partial charge in [-0.25, -0.2) is 12.7 Å². The minimum Gasteiger partial charge on any atom is -0.295 e. The first-order valence-corrected chi connectivity index (χ1v) is 9.76. The molecule has 6 heteroatoms. The highest BCUT2D eigenvalue weighted by molar-refractivity contribution is 7.89. The number of benzene rings is 1. The average molecular weight is 333 g/mol. The molecule has 0 radical (unpaired) electrons. The van der Waals surface area contributed by atoms with E-state index in [0.29, 0.717) is 31.6 Å². The molecular weight excluding hydrogens is 310 g/mol. The van der Waals surface area contributed by atoms with E-state index in [1.165, 1.54) is 0 Å². The van der Waals surface area contributed by atoms with E-state index < -0.39 is 10.0 Å². The Balaban J connectivity index is 1.70. The number of rotatable bonds is 4. The summed E-state index contributed by atoms with van der Waals surface area (Å²) in [5.41, 5.74) is 1.72. The molecule has 5 nitrogen and oxygen atoms in total. The lowest BCUT2D eigenvalue weighted by Crippen LogP contribution is -2.38. The molecule has 0 unspecified atom stereocenters. The maximum absolute atomic E-state index is 12.7. The largest absolute Gasteiger partial charge is 0.295 e. The highest BCUT2D eigenvalue weighted by atomic mass is 32.2. The van der Waals surface area contributed by atoms with Gasteiger partial charge in [-0.15, -0.1) is 0 Å². The van der Waals surface area contributed by atoms with Crippen molar-refractivity contribution in [1.29, 1.82) is 5.26 Å². The minimum atomic E-state index is -3.16. The Labute approximate surface area is 138 Å². The Morgan fingerprint density at radius 2 is 2.00 bits per heavy atom. The van der Waals surface area contributed by atoms with Gasteiger partial charge in [-0.05, 0) is 43.9 Å². The van der Waals surface area contributed by atoms with Crippen molar-refractivity contribution < 1.29 is 8.42 Å². The van der Waals surface area contributed by atoms with Gasteiger partial charge in [0.15, 0.2) is 0 Å². The van der Waals surface area contributed by atoms with Gasteiger partial charge >= 0.3 is 0 Å². The zero-order valence-corrected chi connectivity index (χ0v) is 14.3. The van der Waals surface area contributed by atoms with Crippen LogP contribution >= 0.6 is 0 Å². The smallest absolute Gasteiger partial charge is 0.218 e. The van der Waals surface area contributed by atoms with Crippen molar-refractivity contribution in [2.24, 2.45) is 0 Å². The highest BCUT2D eigenvalue weighted by Crippen LogP contribution is 2.30. The molecule has 3 rings (SSSR count). The number of nitriles is 1. The lowest BCUT2D eigenvalue weighted by atomic mass is 10.0. The van der Waals surface area contributed by atoms with Gasteiger partial charge in [0.1, 0.15) is 0 Å². The maximum Gasteiger partial charge on any atom is 0.218 e. The van der Waals surface area contributed by atoms with E-state index >= 15 is 0 Å². The Morgan fingerprint density at radius 1 is 1.26 bits per heavy atom. The molecule has 0 amide bonds. The van der Waals surface area contributed by atoms with Crippen LogP contribution in [-0.4, -0.2) is 49.1 Å². The van der Waals surface area contributed by atoms with Crippen LogP contribution in [0.5, 0.6) is 0 Å². The van der Waals surface area contributed by atoms with Crippen LogP contribution in [0.25, 0.3) is 0 Å². The van der Waals surface area contributed by atoms with E-state index in [0.717, 1.165) is 24.9 Å². The number of nitrogens with zero attached hydrogens (tertiary/aromatic N) is 3. The summed E-state index contributed by atoms with van der Waals surface area (Å²) in [6.45, 7) is 4.81. The summed E-state index contributed by atoms with van der Waals surface area (Å²) < 4.78 is 27.1. The van der Waals surface area contributed by atoms with Gasteiger partial charge in [-0.3, -0.25) is 4.90 Å². The molecule has 1 aromatic rings. The molecule has 2 fully saturated rings. The average Bonchev–Trinajstić information content (AvgIpc) is 3.26. The molecule has 0 bridgehead atoms. The summed E-state index contributed by atoms with van der Waals surface area (Å²) in [5.74, 6) is 0. The van der Waals surface area contributed by atoms with Crippen LogP contribution in [0.1, 0.15) is 43.4 Å². The van der Waals surface area contributed by atoms with E-state index in [-0.39, 0.29) is 11.3 Å². The third-order valence-corrected chi connectivity index (χ3v) is 7.38. The lowest BCUT2D eigenvalue weighted by molar-refractivity contribution is 0.263. The summed E-state index contributed by atoms with van der Waals surface area (Å²) in [7, 11) is -3.16. The van der Waals surface area contributed by atoms with Crippen LogP contribution in [0.3, 0.4) is 0 Å². The zero-order chi connectivity index (χ0) is 16.4. The first kappa shape index (κ1) is 16.4. The van der Waals surface area contributed by atoms with Crippen LogP contribution in [0, 0.1) is 11.3 Å². The normalized spacial score (nSPS) is 24.6. The molecule has 1 aromatic carbocycles. The zero-order valence-electron chi connectivity index (χ0n) is 13.5. The van der Waals surface area contributed by atoms with Crippen molar-refractivity contribution in [3.05, 3.63) is 35.4 Å². The fraction of sp³-hybridized carbons (Fsp3) is 0.588. The van der Waals surface area contributed by atoms with Crippen molar-refractivity contribution in [3.8, 4) is 6.07 Å². The third kappa shape index (κ3) is 3.27. The van der Waals surface area contributed by atoms with Gasteiger partial charge in [0.2, 0.25) is 10.0 Å². The molecular formula is C17H23N3O2S.